The van der Waals surface area contributed by atoms with Crippen LogP contribution in [0.2, 0.25) is 5.02 Å². The van der Waals surface area contributed by atoms with Crippen LogP contribution in [0.4, 0.5) is 4.79 Å². The Morgan fingerprint density at radius 2 is 1.81 bits per heavy atom. The van der Waals surface area contributed by atoms with Crippen LogP contribution in [0.15, 0.2) is 48.5 Å². The highest BCUT2D eigenvalue weighted by Crippen LogP contribution is 2.22. The van der Waals surface area contributed by atoms with Gasteiger partial charge in [-0.15, -0.1) is 0 Å². The first-order chi connectivity index (χ1) is 12.2. The summed E-state index contributed by atoms with van der Waals surface area (Å²) in [4.78, 5) is 12.2. The van der Waals surface area contributed by atoms with Crippen LogP contribution in [0.3, 0.4) is 0 Å². The summed E-state index contributed by atoms with van der Waals surface area (Å²) in [6, 6.07) is 15.1. The van der Waals surface area contributed by atoms with E-state index in [0.29, 0.717) is 18.2 Å². The first kappa shape index (κ1) is 20.3. The molecule has 2 N–H and O–H groups in total. The summed E-state index contributed by atoms with van der Waals surface area (Å²) >= 11 is 6.17. The molecule has 2 aromatic carbocycles. The number of nitrogens with one attached hydrogen (secondary N) is 2. The number of urea groups is 1. The molecule has 0 heterocycles. The second-order valence-corrected chi connectivity index (χ2v) is 7.70. The van der Waals surface area contributed by atoms with E-state index in [1.807, 2.05) is 76.2 Å². The molecule has 0 aliphatic rings. The van der Waals surface area contributed by atoms with E-state index in [0.717, 1.165) is 16.7 Å². The minimum Gasteiger partial charge on any atom is -0.371 e. The van der Waals surface area contributed by atoms with Gasteiger partial charge in [0.2, 0.25) is 0 Å². The number of carbonyl (C=O) groups excluding carboxylic acids is 1. The SMILES string of the molecule is CC(NC(=O)NCc1cccc(COC(C)(C)C)c1)c1ccccc1Cl. The van der Waals surface area contributed by atoms with Gasteiger partial charge in [0.15, 0.2) is 0 Å². The van der Waals surface area contributed by atoms with E-state index in [4.69, 9.17) is 16.3 Å². The summed E-state index contributed by atoms with van der Waals surface area (Å²) < 4.78 is 5.80. The van der Waals surface area contributed by atoms with Gasteiger partial charge in [0.1, 0.15) is 0 Å². The van der Waals surface area contributed by atoms with Crippen molar-refractivity contribution in [1.82, 2.24) is 10.6 Å². The molecule has 0 aliphatic heterocycles. The third kappa shape index (κ3) is 6.70. The van der Waals surface area contributed by atoms with E-state index in [1.165, 1.54) is 0 Å². The van der Waals surface area contributed by atoms with Gasteiger partial charge in [-0.1, -0.05) is 54.1 Å². The average molecular weight is 375 g/mol. The number of amides is 2. The van der Waals surface area contributed by atoms with Crippen LogP contribution in [-0.4, -0.2) is 11.6 Å². The molecule has 140 valence electrons. The van der Waals surface area contributed by atoms with E-state index in [-0.39, 0.29) is 17.7 Å². The molecule has 0 radical (unpaired) electrons. The summed E-state index contributed by atoms with van der Waals surface area (Å²) in [5.41, 5.74) is 2.83. The summed E-state index contributed by atoms with van der Waals surface area (Å²) in [6.07, 6.45) is 0. The third-order valence-electron chi connectivity index (χ3n) is 3.84. The van der Waals surface area contributed by atoms with E-state index < -0.39 is 0 Å². The van der Waals surface area contributed by atoms with Crippen molar-refractivity contribution in [2.45, 2.75) is 52.5 Å². The van der Waals surface area contributed by atoms with Gasteiger partial charge in [-0.2, -0.15) is 0 Å². The van der Waals surface area contributed by atoms with E-state index >= 15 is 0 Å². The van der Waals surface area contributed by atoms with Crippen LogP contribution in [0.25, 0.3) is 0 Å². The van der Waals surface area contributed by atoms with Crippen molar-refractivity contribution in [1.29, 1.82) is 0 Å². The summed E-state index contributed by atoms with van der Waals surface area (Å²) in [6.45, 7) is 9.00. The van der Waals surface area contributed by atoms with Crippen molar-refractivity contribution >= 4 is 17.6 Å². The Morgan fingerprint density at radius 1 is 1.12 bits per heavy atom. The molecule has 5 heteroatoms. The molecule has 0 aliphatic carbocycles. The van der Waals surface area contributed by atoms with Gasteiger partial charge in [0.05, 0.1) is 18.2 Å². The van der Waals surface area contributed by atoms with Crippen LogP contribution >= 0.6 is 11.6 Å². The van der Waals surface area contributed by atoms with Crippen molar-refractivity contribution in [3.8, 4) is 0 Å². The molecule has 1 atom stereocenters. The quantitative estimate of drug-likeness (QED) is 0.728. The normalized spacial score (nSPS) is 12.5. The molecular weight excluding hydrogens is 348 g/mol. The van der Waals surface area contributed by atoms with E-state index in [1.54, 1.807) is 0 Å². The highest BCUT2D eigenvalue weighted by Gasteiger charge is 2.12. The number of hydrogen-bond acceptors (Lipinski definition) is 2. The number of ether oxygens (including phenoxy) is 1. The van der Waals surface area contributed by atoms with Gasteiger partial charge in [-0.25, -0.2) is 4.79 Å². The van der Waals surface area contributed by atoms with Crippen LogP contribution in [0, 0.1) is 0 Å². The lowest BCUT2D eigenvalue weighted by atomic mass is 10.1. The molecule has 26 heavy (non-hydrogen) atoms. The fourth-order valence-corrected chi connectivity index (χ4v) is 2.76. The summed E-state index contributed by atoms with van der Waals surface area (Å²) in [5.74, 6) is 0. The predicted octanol–water partition coefficient (Wildman–Crippen LogP) is 5.22. The van der Waals surface area contributed by atoms with Crippen molar-refractivity contribution < 1.29 is 9.53 Å². The van der Waals surface area contributed by atoms with Gasteiger partial charge < -0.3 is 15.4 Å². The zero-order valence-electron chi connectivity index (χ0n) is 15.8. The maximum Gasteiger partial charge on any atom is 0.315 e. The summed E-state index contributed by atoms with van der Waals surface area (Å²) in [7, 11) is 0. The largest absolute Gasteiger partial charge is 0.371 e. The first-order valence-electron chi connectivity index (χ1n) is 8.75. The van der Waals surface area contributed by atoms with Crippen LogP contribution in [0.5, 0.6) is 0 Å². The van der Waals surface area contributed by atoms with Gasteiger partial charge >= 0.3 is 6.03 Å². The highest BCUT2D eigenvalue weighted by atomic mass is 35.5. The van der Waals surface area contributed by atoms with Gasteiger partial charge in [-0.05, 0) is 50.5 Å². The van der Waals surface area contributed by atoms with Gasteiger partial charge in [0.25, 0.3) is 0 Å². The fraction of sp³-hybridized carbons (Fsp3) is 0.381. The predicted molar refractivity (Wildman–Crippen MR) is 106 cm³/mol. The lowest BCUT2D eigenvalue weighted by molar-refractivity contribution is -0.0149. The molecule has 0 bridgehead atoms. The standard InChI is InChI=1S/C21H27ClN2O2/c1-15(18-10-5-6-11-19(18)22)24-20(25)23-13-16-8-7-9-17(12-16)14-26-21(2,3)4/h5-12,15H,13-14H2,1-4H3,(H2,23,24,25). The minimum absolute atomic E-state index is 0.171. The van der Waals surface area contributed by atoms with Crippen LogP contribution in [-0.2, 0) is 17.9 Å². The Bertz CT molecular complexity index is 741. The molecule has 2 rings (SSSR count). The molecule has 0 saturated heterocycles. The van der Waals surface area contributed by atoms with E-state index in [2.05, 4.69) is 10.6 Å². The number of hydrogen-bond donors (Lipinski definition) is 2. The number of carbonyl (C=O) groups is 1. The minimum atomic E-state index is -0.228. The first-order valence-corrected chi connectivity index (χ1v) is 9.13. The molecule has 0 saturated carbocycles. The fourth-order valence-electron chi connectivity index (χ4n) is 2.46. The molecular formula is C21H27ClN2O2. The van der Waals surface area contributed by atoms with Crippen molar-refractivity contribution in [2.24, 2.45) is 0 Å². The Morgan fingerprint density at radius 3 is 2.50 bits per heavy atom. The summed E-state index contributed by atoms with van der Waals surface area (Å²) in [5, 5.41) is 6.44. The molecule has 1 unspecified atom stereocenters. The molecule has 4 nitrogen and oxygen atoms in total. The maximum atomic E-state index is 12.2. The Kier molecular flexibility index (Phi) is 7.06. The van der Waals surface area contributed by atoms with Crippen molar-refractivity contribution in [2.75, 3.05) is 0 Å². The lowest BCUT2D eigenvalue weighted by Gasteiger charge is -2.20. The topological polar surface area (TPSA) is 50.4 Å². The smallest absolute Gasteiger partial charge is 0.315 e. The number of rotatable bonds is 6. The molecule has 0 fully saturated rings. The molecule has 2 aromatic rings. The van der Waals surface area contributed by atoms with Crippen LogP contribution in [0.1, 0.15) is 50.4 Å². The lowest BCUT2D eigenvalue weighted by Crippen LogP contribution is -2.36. The van der Waals surface area contributed by atoms with E-state index in [9.17, 15) is 4.79 Å². The Hall–Kier alpha value is -2.04. The molecule has 2 amide bonds. The Balaban J connectivity index is 1.86. The average Bonchev–Trinajstić information content (AvgIpc) is 2.58. The van der Waals surface area contributed by atoms with Crippen molar-refractivity contribution in [3.05, 3.63) is 70.2 Å². The molecule has 0 spiro atoms. The van der Waals surface area contributed by atoms with Crippen molar-refractivity contribution in [3.63, 3.8) is 0 Å². The molecule has 0 aromatic heterocycles. The number of halogens is 1. The highest BCUT2D eigenvalue weighted by molar-refractivity contribution is 6.31. The van der Waals surface area contributed by atoms with Gasteiger partial charge in [-0.3, -0.25) is 0 Å². The van der Waals surface area contributed by atoms with Gasteiger partial charge in [0, 0.05) is 11.6 Å². The van der Waals surface area contributed by atoms with Crippen LogP contribution < -0.4 is 10.6 Å². The maximum absolute atomic E-state index is 12.2. The number of benzene rings is 2. The zero-order valence-corrected chi connectivity index (χ0v) is 16.6. The Labute approximate surface area is 160 Å². The third-order valence-corrected chi connectivity index (χ3v) is 4.18. The second kappa shape index (κ2) is 9.06. The monoisotopic (exact) mass is 374 g/mol. The zero-order chi connectivity index (χ0) is 19.2. The second-order valence-electron chi connectivity index (χ2n) is 7.29.